The van der Waals surface area contributed by atoms with Crippen LogP contribution in [0.25, 0.3) is 0 Å². The molecule has 0 aromatic heterocycles. The fourth-order valence-electron chi connectivity index (χ4n) is 3.22. The van der Waals surface area contributed by atoms with Gasteiger partial charge in [-0.15, -0.1) is 0 Å². The monoisotopic (exact) mass is 469 g/mol. The molecular weight excluding hydrogens is 446 g/mol. The van der Waals surface area contributed by atoms with E-state index in [1.807, 2.05) is 30.3 Å². The highest BCUT2D eigenvalue weighted by molar-refractivity contribution is 6.01. The van der Waals surface area contributed by atoms with E-state index in [4.69, 9.17) is 29.9 Å². The third kappa shape index (κ3) is 7.34. The Balaban J connectivity index is 1.54. The number of hydrogen-bond donors (Lipinski definition) is 1. The summed E-state index contributed by atoms with van der Waals surface area (Å²) in [5, 5.41) is 31.0. The summed E-state index contributed by atoms with van der Waals surface area (Å²) in [6.45, 7) is 0.519. The van der Waals surface area contributed by atoms with Crippen molar-refractivity contribution in [2.24, 2.45) is 5.16 Å². The molecule has 1 N–H and O–H groups in total. The van der Waals surface area contributed by atoms with Crippen LogP contribution in [0, 0.1) is 22.7 Å². The van der Waals surface area contributed by atoms with Gasteiger partial charge >= 0.3 is 5.97 Å². The van der Waals surface area contributed by atoms with Crippen LogP contribution in [0.4, 0.5) is 0 Å². The summed E-state index contributed by atoms with van der Waals surface area (Å²) >= 11 is 0. The van der Waals surface area contributed by atoms with Crippen molar-refractivity contribution in [3.05, 3.63) is 95.1 Å². The van der Waals surface area contributed by atoms with Gasteiger partial charge < -0.3 is 19.4 Å². The van der Waals surface area contributed by atoms with E-state index in [9.17, 15) is 4.79 Å². The average Bonchev–Trinajstić information content (AvgIpc) is 2.89. The molecule has 0 aliphatic carbocycles. The molecular formula is C27H23N3O5. The molecule has 0 radical (unpaired) electrons. The molecule has 0 spiro atoms. The van der Waals surface area contributed by atoms with Gasteiger partial charge in [-0.25, -0.2) is 0 Å². The Kier molecular flexibility index (Phi) is 8.81. The largest absolute Gasteiger partial charge is 0.489 e. The van der Waals surface area contributed by atoms with Crippen molar-refractivity contribution in [2.75, 3.05) is 13.7 Å². The third-order valence-electron chi connectivity index (χ3n) is 5.07. The molecule has 0 saturated heterocycles. The Morgan fingerprint density at radius 1 is 0.943 bits per heavy atom. The SMILES string of the molecule is CON=C(COc1ccc(COc2ccc(C(C#N)CC(=O)O)cc2)cc1)c1ccc(C#N)cc1. The van der Waals surface area contributed by atoms with E-state index < -0.39 is 11.9 Å². The highest BCUT2D eigenvalue weighted by Gasteiger charge is 2.14. The number of carboxylic acids is 1. The summed E-state index contributed by atoms with van der Waals surface area (Å²) < 4.78 is 11.6. The second-order valence-corrected chi connectivity index (χ2v) is 7.48. The first-order valence-corrected chi connectivity index (χ1v) is 10.7. The number of carboxylic acid groups (broad SMARTS) is 1. The van der Waals surface area contributed by atoms with Crippen LogP contribution in [0.3, 0.4) is 0 Å². The summed E-state index contributed by atoms with van der Waals surface area (Å²) in [6, 6.07) is 25.4. The predicted molar refractivity (Wildman–Crippen MR) is 128 cm³/mol. The van der Waals surface area contributed by atoms with Crippen LogP contribution >= 0.6 is 0 Å². The van der Waals surface area contributed by atoms with Gasteiger partial charge in [0.2, 0.25) is 0 Å². The van der Waals surface area contributed by atoms with Crippen molar-refractivity contribution in [3.63, 3.8) is 0 Å². The van der Waals surface area contributed by atoms with Gasteiger partial charge in [0.25, 0.3) is 0 Å². The number of nitrogens with zero attached hydrogens (tertiary/aromatic N) is 3. The van der Waals surface area contributed by atoms with E-state index >= 15 is 0 Å². The minimum Gasteiger partial charge on any atom is -0.489 e. The zero-order valence-corrected chi connectivity index (χ0v) is 19.0. The molecule has 0 bridgehead atoms. The van der Waals surface area contributed by atoms with Crippen molar-refractivity contribution in [1.29, 1.82) is 10.5 Å². The highest BCUT2D eigenvalue weighted by Crippen LogP contribution is 2.23. The summed E-state index contributed by atoms with van der Waals surface area (Å²) in [5.74, 6) is -0.443. The molecule has 8 nitrogen and oxygen atoms in total. The fraction of sp³-hybridized carbons (Fsp3) is 0.185. The lowest BCUT2D eigenvalue weighted by atomic mass is 9.97. The number of oxime groups is 1. The smallest absolute Gasteiger partial charge is 0.305 e. The van der Waals surface area contributed by atoms with Crippen LogP contribution in [0.15, 0.2) is 78.0 Å². The highest BCUT2D eigenvalue weighted by atomic mass is 16.6. The van der Waals surface area contributed by atoms with E-state index in [-0.39, 0.29) is 13.0 Å². The van der Waals surface area contributed by atoms with Crippen molar-refractivity contribution < 1.29 is 24.2 Å². The average molecular weight is 469 g/mol. The van der Waals surface area contributed by atoms with E-state index in [0.717, 1.165) is 11.1 Å². The van der Waals surface area contributed by atoms with Crippen LogP contribution < -0.4 is 9.47 Å². The van der Waals surface area contributed by atoms with E-state index in [2.05, 4.69) is 11.2 Å². The standard InChI is InChI=1S/C27H23N3O5/c1-33-30-26(22-6-2-19(15-28)3-7-22)18-35-24-10-4-20(5-11-24)17-34-25-12-8-21(9-13-25)23(16-29)14-27(31)32/h2-13,23H,14,17-18H2,1H3,(H,31,32). The number of benzene rings is 3. The lowest BCUT2D eigenvalue weighted by Gasteiger charge is -2.11. The second kappa shape index (κ2) is 12.4. The van der Waals surface area contributed by atoms with Crippen molar-refractivity contribution in [1.82, 2.24) is 0 Å². The number of aliphatic carboxylic acids is 1. The first-order valence-electron chi connectivity index (χ1n) is 10.7. The zero-order chi connectivity index (χ0) is 25.0. The minimum atomic E-state index is -1.01. The second-order valence-electron chi connectivity index (χ2n) is 7.48. The Morgan fingerprint density at radius 2 is 1.57 bits per heavy atom. The van der Waals surface area contributed by atoms with Gasteiger partial charge in [-0.3, -0.25) is 4.79 Å². The van der Waals surface area contributed by atoms with Crippen LogP contribution in [-0.4, -0.2) is 30.5 Å². The van der Waals surface area contributed by atoms with Crippen molar-refractivity contribution >= 4 is 11.7 Å². The number of carbonyl (C=O) groups is 1. The maximum absolute atomic E-state index is 10.9. The maximum Gasteiger partial charge on any atom is 0.305 e. The molecule has 35 heavy (non-hydrogen) atoms. The normalized spacial score (nSPS) is 11.6. The van der Waals surface area contributed by atoms with Gasteiger partial charge in [0.15, 0.2) is 0 Å². The molecule has 8 heteroatoms. The molecule has 3 aromatic carbocycles. The van der Waals surface area contributed by atoms with E-state index in [1.165, 1.54) is 7.11 Å². The number of hydrogen-bond acceptors (Lipinski definition) is 7. The van der Waals surface area contributed by atoms with Gasteiger partial charge in [0, 0.05) is 5.56 Å². The van der Waals surface area contributed by atoms with Crippen molar-refractivity contribution in [2.45, 2.75) is 18.9 Å². The molecule has 1 unspecified atom stereocenters. The lowest BCUT2D eigenvalue weighted by Crippen LogP contribution is -2.13. The van der Waals surface area contributed by atoms with Crippen molar-refractivity contribution in [3.8, 4) is 23.6 Å². The molecule has 0 amide bonds. The van der Waals surface area contributed by atoms with Crippen LogP contribution in [-0.2, 0) is 16.2 Å². The van der Waals surface area contributed by atoms with Gasteiger partial charge in [-0.1, -0.05) is 41.6 Å². The van der Waals surface area contributed by atoms with Crippen LogP contribution in [0.1, 0.15) is 34.6 Å². The van der Waals surface area contributed by atoms with Crippen LogP contribution in [0.5, 0.6) is 11.5 Å². The van der Waals surface area contributed by atoms with Crippen LogP contribution in [0.2, 0.25) is 0 Å². The van der Waals surface area contributed by atoms with Gasteiger partial charge in [0.1, 0.15) is 37.5 Å². The summed E-state index contributed by atoms with van der Waals surface area (Å²) in [7, 11) is 1.46. The van der Waals surface area contributed by atoms with Gasteiger partial charge in [0.05, 0.1) is 30.0 Å². The third-order valence-corrected chi connectivity index (χ3v) is 5.07. The Bertz CT molecular complexity index is 1240. The summed E-state index contributed by atoms with van der Waals surface area (Å²) in [6.07, 6.45) is -0.239. The number of ether oxygens (including phenoxy) is 2. The molecule has 0 aliphatic heterocycles. The predicted octanol–water partition coefficient (Wildman–Crippen LogP) is 4.65. The molecule has 1 atom stereocenters. The summed E-state index contributed by atoms with van der Waals surface area (Å²) in [5.41, 5.74) is 3.52. The molecule has 0 heterocycles. The van der Waals surface area contributed by atoms with E-state index in [0.29, 0.717) is 34.9 Å². The lowest BCUT2D eigenvalue weighted by molar-refractivity contribution is -0.137. The topological polar surface area (TPSA) is 125 Å². The molecule has 0 saturated carbocycles. The first kappa shape index (κ1) is 24.8. The Labute approximate surface area is 203 Å². The molecule has 176 valence electrons. The van der Waals surface area contributed by atoms with E-state index in [1.54, 1.807) is 48.5 Å². The minimum absolute atomic E-state index is 0.188. The maximum atomic E-state index is 10.9. The van der Waals surface area contributed by atoms with Gasteiger partial charge in [-0.2, -0.15) is 10.5 Å². The first-order chi connectivity index (χ1) is 17.0. The summed E-state index contributed by atoms with van der Waals surface area (Å²) in [4.78, 5) is 15.8. The molecule has 3 rings (SSSR count). The fourth-order valence-corrected chi connectivity index (χ4v) is 3.22. The Morgan fingerprint density at radius 3 is 2.14 bits per heavy atom. The molecule has 3 aromatic rings. The number of rotatable bonds is 11. The Hall–Kier alpha value is -4.82. The number of nitriles is 2. The molecule has 0 fully saturated rings. The quantitative estimate of drug-likeness (QED) is 0.320. The molecule has 0 aliphatic rings. The zero-order valence-electron chi connectivity index (χ0n) is 19.0. The van der Waals surface area contributed by atoms with Gasteiger partial charge in [-0.05, 0) is 47.5 Å².